The Morgan fingerprint density at radius 1 is 1.63 bits per heavy atom. The van der Waals surface area contributed by atoms with Crippen molar-refractivity contribution in [3.63, 3.8) is 0 Å². The van der Waals surface area contributed by atoms with Gasteiger partial charge in [0.1, 0.15) is 6.54 Å². The number of rotatable bonds is 5. The van der Waals surface area contributed by atoms with Crippen molar-refractivity contribution in [2.45, 2.75) is 19.9 Å². The van der Waals surface area contributed by atoms with E-state index >= 15 is 0 Å². The van der Waals surface area contributed by atoms with Crippen LogP contribution in [0.15, 0.2) is 18.3 Å². The van der Waals surface area contributed by atoms with E-state index in [1.165, 1.54) is 16.9 Å². The van der Waals surface area contributed by atoms with Crippen LogP contribution in [0.2, 0.25) is 0 Å². The molecule has 0 fully saturated rings. The predicted molar refractivity (Wildman–Crippen MR) is 65.5 cm³/mol. The summed E-state index contributed by atoms with van der Waals surface area (Å²) in [5.74, 6) is -0.225. The third kappa shape index (κ3) is 3.15. The number of H-pyrrole nitrogens is 1. The average molecular weight is 264 g/mol. The van der Waals surface area contributed by atoms with E-state index in [1.54, 1.807) is 6.07 Å². The number of nitro groups is 1. The maximum Gasteiger partial charge on any atom is 0.389 e. The molecule has 0 saturated carbocycles. The number of aryl methyl sites for hydroxylation is 1. The molecular formula is C10H12N6O3. The summed E-state index contributed by atoms with van der Waals surface area (Å²) >= 11 is 0. The molecule has 1 amide bonds. The highest BCUT2D eigenvalue weighted by Crippen LogP contribution is 2.07. The predicted octanol–water partition coefficient (Wildman–Crippen LogP) is 0.715. The van der Waals surface area contributed by atoms with Crippen molar-refractivity contribution in [1.29, 1.82) is 0 Å². The van der Waals surface area contributed by atoms with Gasteiger partial charge in [0.15, 0.2) is 5.82 Å². The first-order valence-electron chi connectivity index (χ1n) is 5.60. The first-order chi connectivity index (χ1) is 9.08. The molecule has 0 aliphatic carbocycles. The molecule has 2 heterocycles. The molecular weight excluding hydrogens is 252 g/mol. The molecule has 0 unspecified atom stereocenters. The number of carbonyl (C=O) groups excluding carboxylic acids is 1. The fourth-order valence-corrected chi connectivity index (χ4v) is 1.47. The molecule has 19 heavy (non-hydrogen) atoms. The maximum atomic E-state index is 11.7. The summed E-state index contributed by atoms with van der Waals surface area (Å²) in [6.07, 6.45) is 2.16. The third-order valence-corrected chi connectivity index (χ3v) is 2.40. The summed E-state index contributed by atoms with van der Waals surface area (Å²) in [6, 6.07) is 2.96. The third-order valence-electron chi connectivity index (χ3n) is 2.40. The van der Waals surface area contributed by atoms with Gasteiger partial charge in [0.05, 0.1) is 17.4 Å². The van der Waals surface area contributed by atoms with Crippen LogP contribution in [0.1, 0.15) is 12.6 Å². The molecule has 2 rings (SSSR count). The van der Waals surface area contributed by atoms with Gasteiger partial charge in [-0.15, -0.1) is 0 Å². The quantitative estimate of drug-likeness (QED) is 0.609. The van der Waals surface area contributed by atoms with Crippen molar-refractivity contribution in [1.82, 2.24) is 20.0 Å². The first kappa shape index (κ1) is 12.7. The normalized spacial score (nSPS) is 10.4. The zero-order valence-corrected chi connectivity index (χ0v) is 10.2. The van der Waals surface area contributed by atoms with Crippen LogP contribution in [0, 0.1) is 10.1 Å². The number of hydrogen-bond acceptors (Lipinski definition) is 5. The van der Waals surface area contributed by atoms with E-state index < -0.39 is 4.92 Å². The van der Waals surface area contributed by atoms with Crippen molar-refractivity contribution in [3.05, 3.63) is 34.1 Å². The van der Waals surface area contributed by atoms with E-state index in [2.05, 4.69) is 20.6 Å². The van der Waals surface area contributed by atoms with E-state index in [4.69, 9.17) is 0 Å². The zero-order chi connectivity index (χ0) is 13.8. The Morgan fingerprint density at radius 3 is 3.00 bits per heavy atom. The monoisotopic (exact) mass is 264 g/mol. The van der Waals surface area contributed by atoms with Crippen molar-refractivity contribution in [2.24, 2.45) is 0 Å². The summed E-state index contributed by atoms with van der Waals surface area (Å²) in [6.45, 7) is 1.85. The Balaban J connectivity index is 1.95. The van der Waals surface area contributed by atoms with E-state index in [0.29, 0.717) is 5.82 Å². The number of anilines is 1. The Hall–Kier alpha value is -2.71. The molecule has 2 N–H and O–H groups in total. The summed E-state index contributed by atoms with van der Waals surface area (Å²) in [7, 11) is 0. The van der Waals surface area contributed by atoms with Crippen molar-refractivity contribution in [2.75, 3.05) is 5.32 Å². The van der Waals surface area contributed by atoms with Gasteiger partial charge in [-0.2, -0.15) is 9.78 Å². The highest BCUT2D eigenvalue weighted by Gasteiger charge is 2.14. The fraction of sp³-hybridized carbons (Fsp3) is 0.300. The second-order valence-electron chi connectivity index (χ2n) is 3.81. The largest absolute Gasteiger partial charge is 0.389 e. The molecule has 0 radical (unpaired) electrons. The number of aromatic nitrogens is 4. The molecule has 0 aliphatic rings. The Morgan fingerprint density at radius 2 is 2.42 bits per heavy atom. The molecule has 9 nitrogen and oxygen atoms in total. The van der Waals surface area contributed by atoms with Crippen molar-refractivity contribution in [3.8, 4) is 0 Å². The van der Waals surface area contributed by atoms with Gasteiger partial charge in [-0.05, 0) is 11.3 Å². The molecule has 0 saturated heterocycles. The molecule has 0 aliphatic heterocycles. The van der Waals surface area contributed by atoms with Crippen LogP contribution in [0.5, 0.6) is 0 Å². The van der Waals surface area contributed by atoms with E-state index in [0.717, 1.165) is 12.1 Å². The summed E-state index contributed by atoms with van der Waals surface area (Å²) in [5.41, 5.74) is 0.907. The lowest BCUT2D eigenvalue weighted by Crippen LogP contribution is -2.19. The Kier molecular flexibility index (Phi) is 3.55. The second kappa shape index (κ2) is 5.29. The van der Waals surface area contributed by atoms with Crippen LogP contribution in [-0.4, -0.2) is 30.8 Å². The lowest BCUT2D eigenvalue weighted by Gasteiger charge is -1.98. The number of nitrogens with zero attached hydrogens (tertiary/aromatic N) is 4. The second-order valence-corrected chi connectivity index (χ2v) is 3.81. The van der Waals surface area contributed by atoms with Crippen LogP contribution < -0.4 is 5.32 Å². The molecule has 9 heteroatoms. The SMILES string of the molecule is CCc1cc(NC(=O)Cn2ccc([N+](=O)[O-])n2)n[nH]1. The molecule has 0 bridgehead atoms. The highest BCUT2D eigenvalue weighted by molar-refractivity contribution is 5.89. The fourth-order valence-electron chi connectivity index (χ4n) is 1.47. The molecule has 0 atom stereocenters. The lowest BCUT2D eigenvalue weighted by molar-refractivity contribution is -0.389. The van der Waals surface area contributed by atoms with Gasteiger partial charge >= 0.3 is 5.82 Å². The van der Waals surface area contributed by atoms with Crippen LogP contribution in [0.3, 0.4) is 0 Å². The summed E-state index contributed by atoms with van der Waals surface area (Å²) in [4.78, 5) is 21.5. The van der Waals surface area contributed by atoms with Gasteiger partial charge in [-0.25, -0.2) is 0 Å². The number of amides is 1. The topological polar surface area (TPSA) is 119 Å². The average Bonchev–Trinajstić information content (AvgIpc) is 2.98. The van der Waals surface area contributed by atoms with Gasteiger partial charge in [0, 0.05) is 11.8 Å². The van der Waals surface area contributed by atoms with Crippen molar-refractivity contribution < 1.29 is 9.72 Å². The number of nitrogens with one attached hydrogen (secondary N) is 2. The van der Waals surface area contributed by atoms with Gasteiger partial charge in [-0.3, -0.25) is 9.89 Å². The number of aromatic amines is 1. The lowest BCUT2D eigenvalue weighted by atomic mass is 10.3. The highest BCUT2D eigenvalue weighted by atomic mass is 16.6. The minimum atomic E-state index is -0.615. The number of hydrogen-bond donors (Lipinski definition) is 2. The minimum absolute atomic E-state index is 0.109. The van der Waals surface area contributed by atoms with Crippen LogP contribution in [-0.2, 0) is 17.8 Å². The molecule has 2 aromatic heterocycles. The van der Waals surface area contributed by atoms with Crippen LogP contribution in [0.25, 0.3) is 0 Å². The molecule has 2 aromatic rings. The van der Waals surface area contributed by atoms with Gasteiger partial charge in [0.2, 0.25) is 5.91 Å². The smallest absolute Gasteiger partial charge is 0.358 e. The van der Waals surface area contributed by atoms with E-state index in [-0.39, 0.29) is 18.3 Å². The Labute approximate surface area is 107 Å². The van der Waals surface area contributed by atoms with Gasteiger partial charge in [-0.1, -0.05) is 6.92 Å². The zero-order valence-electron chi connectivity index (χ0n) is 10.2. The molecule has 0 aromatic carbocycles. The first-order valence-corrected chi connectivity index (χ1v) is 5.60. The summed E-state index contributed by atoms with van der Waals surface area (Å²) < 4.78 is 1.20. The maximum absolute atomic E-state index is 11.7. The number of carbonyl (C=O) groups is 1. The minimum Gasteiger partial charge on any atom is -0.358 e. The van der Waals surface area contributed by atoms with Crippen molar-refractivity contribution >= 4 is 17.5 Å². The molecule has 0 spiro atoms. The van der Waals surface area contributed by atoms with Crippen LogP contribution >= 0.6 is 0 Å². The standard InChI is InChI=1S/C10H12N6O3/c1-2-7-5-8(13-12-7)11-10(17)6-15-4-3-9(14-15)16(18)19/h3-5H,2,6H2,1H3,(H2,11,12,13,17). The summed E-state index contributed by atoms with van der Waals surface area (Å²) in [5, 5.41) is 23.3. The molecule has 100 valence electrons. The van der Waals surface area contributed by atoms with E-state index in [1.807, 2.05) is 6.92 Å². The van der Waals surface area contributed by atoms with Gasteiger partial charge < -0.3 is 15.4 Å². The Bertz CT molecular complexity index is 602. The van der Waals surface area contributed by atoms with E-state index in [9.17, 15) is 14.9 Å². The van der Waals surface area contributed by atoms with Gasteiger partial charge in [0.25, 0.3) is 0 Å². The van der Waals surface area contributed by atoms with Crippen LogP contribution in [0.4, 0.5) is 11.6 Å².